The van der Waals surface area contributed by atoms with Gasteiger partial charge in [0.1, 0.15) is 5.75 Å². The van der Waals surface area contributed by atoms with E-state index in [9.17, 15) is 9.59 Å². The Morgan fingerprint density at radius 3 is 2.50 bits per heavy atom. The van der Waals surface area contributed by atoms with Gasteiger partial charge in [-0.3, -0.25) is 4.79 Å². The van der Waals surface area contributed by atoms with E-state index in [1.54, 1.807) is 12.0 Å². The fraction of sp³-hybridized carbons (Fsp3) is 0.333. The van der Waals surface area contributed by atoms with Crippen molar-refractivity contribution >= 4 is 28.5 Å². The standard InChI is InChI=1S/C24H25N3O3/c1-14(2)15-5-7-16(8-6-15)27-22(28)24(3)21-18(11-12-26(24)23(27)29)19-13-17(30-4)9-10-20(19)25-21/h5-10,13-14,25H,11-12H2,1-4H3/t24-/m1/s1. The number of hydrogen-bond acceptors (Lipinski definition) is 3. The van der Waals surface area contributed by atoms with Crippen LogP contribution in [0, 0.1) is 0 Å². The number of methoxy groups -OCH3 is 1. The first-order valence-corrected chi connectivity index (χ1v) is 10.3. The molecule has 5 rings (SSSR count). The summed E-state index contributed by atoms with van der Waals surface area (Å²) in [4.78, 5) is 33.4. The zero-order valence-electron chi connectivity index (χ0n) is 17.7. The molecule has 1 aromatic heterocycles. The molecule has 3 heterocycles. The highest BCUT2D eigenvalue weighted by Crippen LogP contribution is 2.45. The van der Waals surface area contributed by atoms with Crippen molar-refractivity contribution in [3.05, 3.63) is 59.3 Å². The monoisotopic (exact) mass is 403 g/mol. The van der Waals surface area contributed by atoms with Gasteiger partial charge in [-0.25, -0.2) is 9.69 Å². The molecule has 2 aromatic carbocycles. The van der Waals surface area contributed by atoms with Gasteiger partial charge in [-0.05, 0) is 60.7 Å². The average Bonchev–Trinajstić information content (AvgIpc) is 3.21. The molecule has 0 bridgehead atoms. The average molecular weight is 403 g/mol. The molecule has 0 aliphatic carbocycles. The first-order valence-electron chi connectivity index (χ1n) is 10.3. The maximum atomic E-state index is 13.7. The summed E-state index contributed by atoms with van der Waals surface area (Å²) in [5, 5.41) is 1.05. The van der Waals surface area contributed by atoms with Gasteiger partial charge in [-0.1, -0.05) is 26.0 Å². The van der Waals surface area contributed by atoms with Crippen LogP contribution >= 0.6 is 0 Å². The first-order chi connectivity index (χ1) is 14.4. The van der Waals surface area contributed by atoms with Crippen LogP contribution in [0.5, 0.6) is 5.75 Å². The third kappa shape index (κ3) is 2.36. The van der Waals surface area contributed by atoms with Gasteiger partial charge < -0.3 is 14.6 Å². The van der Waals surface area contributed by atoms with E-state index in [4.69, 9.17) is 4.74 Å². The van der Waals surface area contributed by atoms with Crippen LogP contribution in [0.2, 0.25) is 0 Å². The number of nitrogens with zero attached hydrogens (tertiary/aromatic N) is 2. The number of anilines is 1. The summed E-state index contributed by atoms with van der Waals surface area (Å²) in [7, 11) is 1.64. The zero-order chi connectivity index (χ0) is 21.2. The number of carbonyl (C=O) groups is 2. The molecule has 3 aromatic rings. The normalized spacial score (nSPS) is 20.8. The number of urea groups is 1. The van der Waals surface area contributed by atoms with Gasteiger partial charge >= 0.3 is 6.03 Å². The maximum absolute atomic E-state index is 13.7. The van der Waals surface area contributed by atoms with Crippen LogP contribution in [0.3, 0.4) is 0 Å². The second-order valence-electron chi connectivity index (χ2n) is 8.53. The van der Waals surface area contributed by atoms with E-state index in [2.05, 4.69) is 18.8 Å². The molecule has 1 saturated heterocycles. The van der Waals surface area contributed by atoms with Crippen molar-refractivity contribution in [1.82, 2.24) is 9.88 Å². The van der Waals surface area contributed by atoms with E-state index < -0.39 is 5.54 Å². The second-order valence-corrected chi connectivity index (χ2v) is 8.53. The highest BCUT2D eigenvalue weighted by molar-refractivity contribution is 6.23. The van der Waals surface area contributed by atoms with Crippen LogP contribution in [0.15, 0.2) is 42.5 Å². The van der Waals surface area contributed by atoms with E-state index in [-0.39, 0.29) is 11.9 Å². The van der Waals surface area contributed by atoms with Gasteiger partial charge in [0, 0.05) is 17.4 Å². The summed E-state index contributed by atoms with van der Waals surface area (Å²) in [6.45, 7) is 6.59. The Bertz CT molecular complexity index is 1180. The molecule has 0 radical (unpaired) electrons. The molecule has 1 N–H and O–H groups in total. The van der Waals surface area contributed by atoms with Gasteiger partial charge in [0.15, 0.2) is 5.54 Å². The minimum atomic E-state index is -1.05. The Labute approximate surface area is 175 Å². The molecule has 154 valence electrons. The number of nitrogens with one attached hydrogen (secondary N) is 1. The Balaban J connectivity index is 1.62. The van der Waals surface area contributed by atoms with Gasteiger partial charge in [0.2, 0.25) is 0 Å². The number of benzene rings is 2. The summed E-state index contributed by atoms with van der Waals surface area (Å²) in [6, 6.07) is 13.3. The molecule has 2 aliphatic rings. The minimum absolute atomic E-state index is 0.218. The van der Waals surface area contributed by atoms with Gasteiger partial charge in [0.25, 0.3) is 5.91 Å². The number of ether oxygens (including phenoxy) is 1. The summed E-state index contributed by atoms with van der Waals surface area (Å²) in [6.07, 6.45) is 0.692. The molecule has 6 nitrogen and oxygen atoms in total. The number of fused-ring (bicyclic) bond motifs is 5. The Morgan fingerprint density at radius 1 is 1.10 bits per heavy atom. The van der Waals surface area contributed by atoms with Crippen molar-refractivity contribution in [3.63, 3.8) is 0 Å². The topological polar surface area (TPSA) is 65.6 Å². The number of H-pyrrole nitrogens is 1. The van der Waals surface area contributed by atoms with E-state index in [1.165, 1.54) is 10.5 Å². The molecule has 6 heteroatoms. The molecule has 1 atom stereocenters. The van der Waals surface area contributed by atoms with E-state index in [1.807, 2.05) is 49.4 Å². The fourth-order valence-electron chi connectivity index (χ4n) is 4.78. The number of imide groups is 1. The van der Waals surface area contributed by atoms with E-state index in [0.29, 0.717) is 24.6 Å². The quantitative estimate of drug-likeness (QED) is 0.653. The van der Waals surface area contributed by atoms with Crippen LogP contribution in [-0.4, -0.2) is 35.5 Å². The van der Waals surface area contributed by atoms with E-state index >= 15 is 0 Å². The predicted molar refractivity (Wildman–Crippen MR) is 116 cm³/mol. The molecule has 1 fully saturated rings. The number of hydrogen-bond donors (Lipinski definition) is 1. The zero-order valence-corrected chi connectivity index (χ0v) is 17.7. The Morgan fingerprint density at radius 2 is 1.83 bits per heavy atom. The molecule has 2 aliphatic heterocycles. The smallest absolute Gasteiger partial charge is 0.332 e. The number of aromatic amines is 1. The fourth-order valence-corrected chi connectivity index (χ4v) is 4.78. The first kappa shape index (κ1) is 18.7. The summed E-state index contributed by atoms with van der Waals surface area (Å²) < 4.78 is 5.38. The van der Waals surface area contributed by atoms with Crippen molar-refractivity contribution < 1.29 is 14.3 Å². The number of rotatable bonds is 3. The highest BCUT2D eigenvalue weighted by Gasteiger charge is 2.59. The van der Waals surface area contributed by atoms with Crippen molar-refractivity contribution in [2.24, 2.45) is 0 Å². The lowest BCUT2D eigenvalue weighted by Crippen LogP contribution is -2.49. The van der Waals surface area contributed by atoms with Crippen molar-refractivity contribution in [2.45, 2.75) is 38.6 Å². The second kappa shape index (κ2) is 6.36. The lowest BCUT2D eigenvalue weighted by molar-refractivity contribution is -0.125. The molecule has 3 amide bonds. The highest BCUT2D eigenvalue weighted by atomic mass is 16.5. The molecule has 0 saturated carbocycles. The Hall–Kier alpha value is -3.28. The van der Waals surface area contributed by atoms with Crippen molar-refractivity contribution in [2.75, 3.05) is 18.6 Å². The van der Waals surface area contributed by atoms with Gasteiger partial charge in [-0.2, -0.15) is 0 Å². The number of aromatic nitrogens is 1. The number of carbonyl (C=O) groups excluding carboxylic acids is 2. The maximum Gasteiger partial charge on any atom is 0.332 e. The Kier molecular flexibility index (Phi) is 3.97. The minimum Gasteiger partial charge on any atom is -0.497 e. The molecular formula is C24H25N3O3. The van der Waals surface area contributed by atoms with Crippen LogP contribution < -0.4 is 9.64 Å². The van der Waals surface area contributed by atoms with E-state index in [0.717, 1.165) is 27.9 Å². The molecular weight excluding hydrogens is 378 g/mol. The predicted octanol–water partition coefficient (Wildman–Crippen LogP) is 4.54. The summed E-state index contributed by atoms with van der Waals surface area (Å²) in [5.41, 5.74) is 3.58. The van der Waals surface area contributed by atoms with Crippen LogP contribution in [-0.2, 0) is 16.8 Å². The largest absolute Gasteiger partial charge is 0.497 e. The molecule has 30 heavy (non-hydrogen) atoms. The lowest BCUT2D eigenvalue weighted by Gasteiger charge is -2.35. The van der Waals surface area contributed by atoms with Crippen molar-refractivity contribution in [1.29, 1.82) is 0 Å². The molecule has 0 unspecified atom stereocenters. The van der Waals surface area contributed by atoms with Crippen LogP contribution in [0.25, 0.3) is 10.9 Å². The van der Waals surface area contributed by atoms with Crippen molar-refractivity contribution in [3.8, 4) is 5.75 Å². The van der Waals surface area contributed by atoms with Gasteiger partial charge in [0.05, 0.1) is 18.5 Å². The summed E-state index contributed by atoms with van der Waals surface area (Å²) >= 11 is 0. The third-order valence-corrected chi connectivity index (χ3v) is 6.59. The third-order valence-electron chi connectivity index (χ3n) is 6.59. The van der Waals surface area contributed by atoms with Crippen LogP contribution in [0.4, 0.5) is 10.5 Å². The lowest BCUT2D eigenvalue weighted by atomic mass is 9.87. The van der Waals surface area contributed by atoms with Crippen LogP contribution in [0.1, 0.15) is 43.5 Å². The number of amides is 3. The SMILES string of the molecule is COc1ccc2[nH]c3c(c2c1)CCN1C(=O)N(c2ccc(C(C)C)cc2)C(=O)[C@@]31C. The summed E-state index contributed by atoms with van der Waals surface area (Å²) in [5.74, 6) is 0.945. The van der Waals surface area contributed by atoms with Gasteiger partial charge in [-0.15, -0.1) is 0 Å². The molecule has 0 spiro atoms.